The number of rotatable bonds is 4. The van der Waals surface area contributed by atoms with Crippen molar-refractivity contribution in [2.24, 2.45) is 0 Å². The van der Waals surface area contributed by atoms with Crippen molar-refractivity contribution in [3.05, 3.63) is 48.0 Å². The highest BCUT2D eigenvalue weighted by atomic mass is 16.1. The van der Waals surface area contributed by atoms with Crippen LogP contribution in [-0.4, -0.2) is 5.78 Å². The van der Waals surface area contributed by atoms with Gasteiger partial charge in [-0.1, -0.05) is 49.4 Å². The van der Waals surface area contributed by atoms with Crippen LogP contribution in [0.5, 0.6) is 0 Å². The predicted molar refractivity (Wildman–Crippen MR) is 67.6 cm³/mol. The molecule has 0 unspecified atom stereocenters. The molecule has 0 bridgehead atoms. The minimum absolute atomic E-state index is 0.341. The molecule has 0 saturated heterocycles. The van der Waals surface area contributed by atoms with Crippen molar-refractivity contribution in [3.63, 3.8) is 0 Å². The van der Waals surface area contributed by atoms with Crippen molar-refractivity contribution in [1.82, 2.24) is 0 Å². The van der Waals surface area contributed by atoms with E-state index < -0.39 is 0 Å². The summed E-state index contributed by atoms with van der Waals surface area (Å²) in [6.07, 6.45) is 2.17. The number of hydrogen-bond donors (Lipinski definition) is 0. The Balaban J connectivity index is 2.16. The first-order chi connectivity index (χ1) is 7.79. The van der Waals surface area contributed by atoms with E-state index in [0.29, 0.717) is 18.6 Å². The molecule has 0 N–H and O–H groups in total. The van der Waals surface area contributed by atoms with Crippen molar-refractivity contribution >= 4 is 16.6 Å². The standard InChI is InChI=1S/C15H16O/c1-2-15(16)10-8-12-7-9-13-5-3-4-6-14(13)11-12/h3-7,9,11H,2,8,10H2,1H3. The molecule has 0 spiro atoms. The number of Topliss-reactive ketones (excluding diaryl/α,β-unsaturated/α-hetero) is 1. The zero-order valence-electron chi connectivity index (χ0n) is 9.57. The van der Waals surface area contributed by atoms with Gasteiger partial charge < -0.3 is 0 Å². The van der Waals surface area contributed by atoms with E-state index in [1.807, 2.05) is 19.1 Å². The fourth-order valence-electron chi connectivity index (χ4n) is 1.85. The molecule has 0 amide bonds. The van der Waals surface area contributed by atoms with Crippen LogP contribution in [0.15, 0.2) is 42.5 Å². The molecule has 0 atom stereocenters. The molecule has 2 rings (SSSR count). The Bertz CT molecular complexity index is 500. The van der Waals surface area contributed by atoms with Crippen molar-refractivity contribution in [2.45, 2.75) is 26.2 Å². The van der Waals surface area contributed by atoms with Crippen molar-refractivity contribution in [1.29, 1.82) is 0 Å². The summed E-state index contributed by atoms with van der Waals surface area (Å²) < 4.78 is 0. The van der Waals surface area contributed by atoms with Gasteiger partial charge in [-0.05, 0) is 22.8 Å². The molecule has 1 heteroatoms. The maximum absolute atomic E-state index is 11.2. The second kappa shape index (κ2) is 4.93. The third-order valence-electron chi connectivity index (χ3n) is 2.90. The minimum Gasteiger partial charge on any atom is -0.300 e. The van der Waals surface area contributed by atoms with Gasteiger partial charge >= 0.3 is 0 Å². The molecule has 0 saturated carbocycles. The Morgan fingerprint density at radius 3 is 2.56 bits per heavy atom. The van der Waals surface area contributed by atoms with Gasteiger partial charge in [0.2, 0.25) is 0 Å². The van der Waals surface area contributed by atoms with E-state index in [1.165, 1.54) is 16.3 Å². The lowest BCUT2D eigenvalue weighted by Crippen LogP contribution is -1.97. The molecule has 0 aliphatic heterocycles. The van der Waals surface area contributed by atoms with Crippen LogP contribution in [0, 0.1) is 0 Å². The Hall–Kier alpha value is -1.63. The van der Waals surface area contributed by atoms with E-state index >= 15 is 0 Å². The van der Waals surface area contributed by atoms with Gasteiger partial charge in [0.1, 0.15) is 5.78 Å². The van der Waals surface area contributed by atoms with Gasteiger partial charge in [-0.3, -0.25) is 4.79 Å². The van der Waals surface area contributed by atoms with Crippen LogP contribution in [0.1, 0.15) is 25.3 Å². The summed E-state index contributed by atoms with van der Waals surface area (Å²) in [5, 5.41) is 2.51. The summed E-state index contributed by atoms with van der Waals surface area (Å²) in [5.74, 6) is 0.341. The zero-order chi connectivity index (χ0) is 11.4. The lowest BCUT2D eigenvalue weighted by atomic mass is 10.0. The summed E-state index contributed by atoms with van der Waals surface area (Å²) in [6.45, 7) is 1.92. The maximum atomic E-state index is 11.2. The first kappa shape index (κ1) is 10.9. The smallest absolute Gasteiger partial charge is 0.132 e. The van der Waals surface area contributed by atoms with Gasteiger partial charge in [0.05, 0.1) is 0 Å². The van der Waals surface area contributed by atoms with Crippen LogP contribution in [-0.2, 0) is 11.2 Å². The quantitative estimate of drug-likeness (QED) is 0.754. The van der Waals surface area contributed by atoms with Gasteiger partial charge in [-0.15, -0.1) is 0 Å². The fraction of sp³-hybridized carbons (Fsp3) is 0.267. The molecule has 0 fully saturated rings. The zero-order valence-corrected chi connectivity index (χ0v) is 9.57. The van der Waals surface area contributed by atoms with E-state index in [-0.39, 0.29) is 0 Å². The van der Waals surface area contributed by atoms with Gasteiger partial charge in [0.15, 0.2) is 0 Å². The SMILES string of the molecule is CCC(=O)CCc1ccc2ccccc2c1. The van der Waals surface area contributed by atoms with Crippen LogP contribution < -0.4 is 0 Å². The number of fused-ring (bicyclic) bond motifs is 1. The van der Waals surface area contributed by atoms with E-state index in [1.54, 1.807) is 0 Å². The highest BCUT2D eigenvalue weighted by Crippen LogP contribution is 2.16. The molecule has 82 valence electrons. The third kappa shape index (κ3) is 2.48. The molecule has 2 aromatic rings. The number of hydrogen-bond acceptors (Lipinski definition) is 1. The Labute approximate surface area is 96.1 Å². The van der Waals surface area contributed by atoms with E-state index in [4.69, 9.17) is 0 Å². The predicted octanol–water partition coefficient (Wildman–Crippen LogP) is 3.75. The highest BCUT2D eigenvalue weighted by molar-refractivity contribution is 5.83. The van der Waals surface area contributed by atoms with Crippen LogP contribution in [0.25, 0.3) is 10.8 Å². The Kier molecular flexibility index (Phi) is 3.35. The van der Waals surface area contributed by atoms with E-state index in [2.05, 4.69) is 30.3 Å². The largest absolute Gasteiger partial charge is 0.300 e. The van der Waals surface area contributed by atoms with Gasteiger partial charge in [-0.25, -0.2) is 0 Å². The molecule has 0 aliphatic rings. The van der Waals surface area contributed by atoms with Crippen LogP contribution >= 0.6 is 0 Å². The van der Waals surface area contributed by atoms with Gasteiger partial charge in [0.25, 0.3) is 0 Å². The molecule has 0 aromatic heterocycles. The Morgan fingerprint density at radius 1 is 1.06 bits per heavy atom. The normalized spacial score (nSPS) is 10.6. The Morgan fingerprint density at radius 2 is 1.81 bits per heavy atom. The van der Waals surface area contributed by atoms with Crippen molar-refractivity contribution in [3.8, 4) is 0 Å². The first-order valence-electron chi connectivity index (χ1n) is 5.79. The molecular formula is C15H16O. The van der Waals surface area contributed by atoms with Crippen LogP contribution in [0.3, 0.4) is 0 Å². The van der Waals surface area contributed by atoms with Crippen LogP contribution in [0.2, 0.25) is 0 Å². The number of carbonyl (C=O) groups is 1. The maximum Gasteiger partial charge on any atom is 0.132 e. The molecule has 0 radical (unpaired) electrons. The number of carbonyl (C=O) groups excluding carboxylic acids is 1. The summed E-state index contributed by atoms with van der Waals surface area (Å²) in [7, 11) is 0. The highest BCUT2D eigenvalue weighted by Gasteiger charge is 2.00. The molecule has 16 heavy (non-hydrogen) atoms. The lowest BCUT2D eigenvalue weighted by molar-refractivity contribution is -0.118. The topological polar surface area (TPSA) is 17.1 Å². The number of aryl methyl sites for hydroxylation is 1. The number of ketones is 1. The van der Waals surface area contributed by atoms with Gasteiger partial charge in [0, 0.05) is 12.8 Å². The number of benzene rings is 2. The lowest BCUT2D eigenvalue weighted by Gasteiger charge is -2.02. The average Bonchev–Trinajstić information content (AvgIpc) is 2.35. The monoisotopic (exact) mass is 212 g/mol. The van der Waals surface area contributed by atoms with Crippen LogP contribution in [0.4, 0.5) is 0 Å². The van der Waals surface area contributed by atoms with E-state index in [0.717, 1.165) is 6.42 Å². The average molecular weight is 212 g/mol. The molecule has 1 nitrogen and oxygen atoms in total. The fourth-order valence-corrected chi connectivity index (χ4v) is 1.85. The van der Waals surface area contributed by atoms with E-state index in [9.17, 15) is 4.79 Å². The van der Waals surface area contributed by atoms with Gasteiger partial charge in [-0.2, -0.15) is 0 Å². The van der Waals surface area contributed by atoms with Crippen molar-refractivity contribution < 1.29 is 4.79 Å². The molecule has 0 aliphatic carbocycles. The molecular weight excluding hydrogens is 196 g/mol. The summed E-state index contributed by atoms with van der Waals surface area (Å²) in [4.78, 5) is 11.2. The summed E-state index contributed by atoms with van der Waals surface area (Å²) in [6, 6.07) is 14.7. The molecule has 0 heterocycles. The summed E-state index contributed by atoms with van der Waals surface area (Å²) in [5.41, 5.74) is 1.25. The van der Waals surface area contributed by atoms with Crippen molar-refractivity contribution in [2.75, 3.05) is 0 Å². The summed E-state index contributed by atoms with van der Waals surface area (Å²) >= 11 is 0. The minimum atomic E-state index is 0.341. The second-order valence-corrected chi connectivity index (χ2v) is 4.07. The second-order valence-electron chi connectivity index (χ2n) is 4.07. The molecule has 2 aromatic carbocycles. The third-order valence-corrected chi connectivity index (χ3v) is 2.90. The first-order valence-corrected chi connectivity index (χ1v) is 5.79.